The normalized spacial score (nSPS) is 12.6. The summed E-state index contributed by atoms with van der Waals surface area (Å²) in [5.41, 5.74) is 7.99. The maximum absolute atomic E-state index is 15.1. The number of urea groups is 1. The molecule has 0 heterocycles. The molecule has 0 fully saturated rings. The van der Waals surface area contributed by atoms with Gasteiger partial charge in [0.1, 0.15) is 24.1 Å². The minimum atomic E-state index is -1.64. The maximum atomic E-state index is 15.1. The largest absolute Gasteiger partial charge is 0.497 e. The molecule has 5 aromatic rings. The van der Waals surface area contributed by atoms with Gasteiger partial charge in [0.2, 0.25) is 5.91 Å². The molecule has 0 aliphatic rings. The molecule has 0 saturated carbocycles. The van der Waals surface area contributed by atoms with E-state index in [9.17, 15) is 9.59 Å². The highest BCUT2D eigenvalue weighted by atomic mass is 16.5. The Morgan fingerprint density at radius 3 is 1.84 bits per heavy atom. The lowest BCUT2D eigenvalue weighted by Gasteiger charge is -2.46. The smallest absolute Gasteiger partial charge is 0.319 e. The van der Waals surface area contributed by atoms with Crippen molar-refractivity contribution in [3.8, 4) is 11.5 Å². The van der Waals surface area contributed by atoms with Crippen molar-refractivity contribution < 1.29 is 23.9 Å². The van der Waals surface area contributed by atoms with Crippen molar-refractivity contribution in [2.75, 3.05) is 17.3 Å². The first-order chi connectivity index (χ1) is 24.2. The van der Waals surface area contributed by atoms with Crippen molar-refractivity contribution in [1.82, 2.24) is 5.32 Å². The van der Waals surface area contributed by atoms with E-state index in [1.165, 1.54) is 4.90 Å². The third kappa shape index (κ3) is 8.13. The van der Waals surface area contributed by atoms with Crippen LogP contribution in [0.2, 0.25) is 0 Å². The number of nitrogens with one attached hydrogen (secondary N) is 2. The lowest BCUT2D eigenvalue weighted by molar-refractivity contribution is -0.131. The minimum Gasteiger partial charge on any atom is -0.497 e. The Hall–Kier alpha value is -6.09. The number of carbonyl (C=O) groups excluding carboxylic acids is 3. The van der Waals surface area contributed by atoms with Gasteiger partial charge < -0.3 is 25.8 Å². The number of ether oxygens (including phenoxy) is 2. The van der Waals surface area contributed by atoms with Crippen LogP contribution < -0.4 is 30.7 Å². The highest BCUT2D eigenvalue weighted by Crippen LogP contribution is 2.41. The van der Waals surface area contributed by atoms with Gasteiger partial charge in [-0.2, -0.15) is 0 Å². The summed E-state index contributed by atoms with van der Waals surface area (Å²) in [6.45, 7) is 4.10. The second-order valence-corrected chi connectivity index (χ2v) is 12.2. The van der Waals surface area contributed by atoms with Crippen molar-refractivity contribution in [3.63, 3.8) is 0 Å². The zero-order valence-corrected chi connectivity index (χ0v) is 28.4. The van der Waals surface area contributed by atoms with E-state index in [0.717, 1.165) is 11.1 Å². The van der Waals surface area contributed by atoms with Crippen molar-refractivity contribution >= 4 is 29.2 Å². The van der Waals surface area contributed by atoms with Gasteiger partial charge in [0, 0.05) is 17.8 Å². The number of methoxy groups -OCH3 is 1. The highest BCUT2D eigenvalue weighted by molar-refractivity contribution is 6.07. The van der Waals surface area contributed by atoms with Gasteiger partial charge >= 0.3 is 6.03 Å². The number of hydrogen-bond acceptors (Lipinski definition) is 5. The summed E-state index contributed by atoms with van der Waals surface area (Å²) >= 11 is 0. The van der Waals surface area contributed by atoms with Crippen LogP contribution in [0.5, 0.6) is 11.5 Å². The molecule has 9 heteroatoms. The zero-order valence-electron chi connectivity index (χ0n) is 28.4. The van der Waals surface area contributed by atoms with Gasteiger partial charge in [-0.05, 0) is 71.1 Å². The third-order valence-corrected chi connectivity index (χ3v) is 8.58. The molecule has 256 valence electrons. The molecule has 0 spiro atoms. The molecule has 2 atom stereocenters. The Labute approximate surface area is 293 Å². The Kier molecular flexibility index (Phi) is 11.5. The summed E-state index contributed by atoms with van der Waals surface area (Å²) in [6.07, 6.45) is 0.110. The number of anilines is 2. The number of primary amides is 1. The SMILES string of the molecule is COc1ccc(C(C(N)=O)(C(C)C)N(C(=O)[C@@H](Cc2ccc(OCc3ccccc3)cc2)NC(=O)Nc2ccccc2)c2ccccc2)cc1. The third-order valence-electron chi connectivity index (χ3n) is 8.58. The van der Waals surface area contributed by atoms with E-state index in [4.69, 9.17) is 15.2 Å². The molecule has 0 radical (unpaired) electrons. The van der Waals surface area contributed by atoms with E-state index in [1.54, 1.807) is 79.9 Å². The summed E-state index contributed by atoms with van der Waals surface area (Å²) in [4.78, 5) is 43.9. The number of para-hydroxylation sites is 2. The minimum absolute atomic E-state index is 0.110. The van der Waals surface area contributed by atoms with Crippen LogP contribution in [0.3, 0.4) is 0 Å². The van der Waals surface area contributed by atoms with Crippen molar-refractivity contribution in [2.24, 2.45) is 11.7 Å². The number of hydrogen-bond donors (Lipinski definition) is 3. The summed E-state index contributed by atoms with van der Waals surface area (Å²) in [5, 5.41) is 5.72. The van der Waals surface area contributed by atoms with Crippen LogP contribution >= 0.6 is 0 Å². The quantitative estimate of drug-likeness (QED) is 0.117. The molecule has 0 bridgehead atoms. The van der Waals surface area contributed by atoms with Gasteiger partial charge in [-0.1, -0.05) is 105 Å². The topological polar surface area (TPSA) is 123 Å². The fraction of sp³-hybridized carbons (Fsp3) is 0.195. The number of nitrogens with two attached hydrogens (primary N) is 1. The molecular formula is C41H42N4O5. The Morgan fingerprint density at radius 2 is 1.28 bits per heavy atom. The van der Waals surface area contributed by atoms with Crippen LogP contribution in [0.1, 0.15) is 30.5 Å². The Balaban J connectivity index is 1.54. The lowest BCUT2D eigenvalue weighted by Crippen LogP contribution is -2.64. The molecule has 5 aromatic carbocycles. The molecule has 9 nitrogen and oxygen atoms in total. The van der Waals surface area contributed by atoms with E-state index < -0.39 is 35.3 Å². The van der Waals surface area contributed by atoms with E-state index in [1.807, 2.05) is 80.6 Å². The second-order valence-electron chi connectivity index (χ2n) is 12.2. The summed E-state index contributed by atoms with van der Waals surface area (Å²) < 4.78 is 11.4. The van der Waals surface area contributed by atoms with Crippen molar-refractivity contribution in [2.45, 2.75) is 38.5 Å². The summed E-state index contributed by atoms with van der Waals surface area (Å²) in [6, 6.07) is 40.3. The predicted octanol–water partition coefficient (Wildman–Crippen LogP) is 7.08. The van der Waals surface area contributed by atoms with Crippen LogP contribution in [0.25, 0.3) is 0 Å². The standard InChI is InChI=1S/C41H42N4O5/c1-29(2)41(39(42)47,32-21-25-35(49-3)26-22-32)45(34-17-11-6-12-18-34)38(46)37(44-40(48)43-33-15-9-5-10-16-33)27-30-19-23-36(24-20-30)50-28-31-13-7-4-8-14-31/h4-26,29,37H,27-28H2,1-3H3,(H2,42,47)(H2,43,44,48)/t37-,41?/m1/s1. The average molecular weight is 671 g/mol. The number of nitrogens with zero attached hydrogens (tertiary/aromatic N) is 1. The van der Waals surface area contributed by atoms with Crippen LogP contribution in [0.4, 0.5) is 16.2 Å². The van der Waals surface area contributed by atoms with Gasteiger partial charge in [0.15, 0.2) is 5.54 Å². The van der Waals surface area contributed by atoms with Gasteiger partial charge in [-0.25, -0.2) is 4.79 Å². The molecular weight excluding hydrogens is 628 g/mol. The molecule has 0 aromatic heterocycles. The lowest BCUT2D eigenvalue weighted by atomic mass is 9.76. The van der Waals surface area contributed by atoms with E-state index in [2.05, 4.69) is 10.6 Å². The second kappa shape index (κ2) is 16.3. The van der Waals surface area contributed by atoms with Gasteiger partial charge in [0.05, 0.1) is 7.11 Å². The van der Waals surface area contributed by atoms with Crippen LogP contribution in [-0.2, 0) is 28.2 Å². The van der Waals surface area contributed by atoms with Gasteiger partial charge in [-0.3, -0.25) is 14.5 Å². The predicted molar refractivity (Wildman–Crippen MR) is 196 cm³/mol. The Morgan fingerprint density at radius 1 is 0.720 bits per heavy atom. The molecule has 4 amide bonds. The molecule has 1 unspecified atom stereocenters. The number of rotatable bonds is 14. The van der Waals surface area contributed by atoms with Gasteiger partial charge in [-0.15, -0.1) is 0 Å². The first-order valence-electron chi connectivity index (χ1n) is 16.4. The van der Waals surface area contributed by atoms with Crippen LogP contribution in [0, 0.1) is 5.92 Å². The number of carbonyl (C=O) groups is 3. The van der Waals surface area contributed by atoms with E-state index in [0.29, 0.717) is 35.0 Å². The monoisotopic (exact) mass is 670 g/mol. The molecule has 4 N–H and O–H groups in total. The van der Waals surface area contributed by atoms with E-state index >= 15 is 4.79 Å². The molecule has 0 aliphatic carbocycles. The molecule has 50 heavy (non-hydrogen) atoms. The fourth-order valence-corrected chi connectivity index (χ4v) is 6.09. The maximum Gasteiger partial charge on any atom is 0.319 e. The first kappa shape index (κ1) is 35.2. The molecule has 0 aliphatic heterocycles. The molecule has 5 rings (SSSR count). The molecule has 0 saturated heterocycles. The number of benzene rings is 5. The summed E-state index contributed by atoms with van der Waals surface area (Å²) in [7, 11) is 1.55. The zero-order chi connectivity index (χ0) is 35.5. The fourth-order valence-electron chi connectivity index (χ4n) is 6.09. The first-order valence-corrected chi connectivity index (χ1v) is 16.4. The van der Waals surface area contributed by atoms with E-state index in [-0.39, 0.29) is 6.42 Å². The van der Waals surface area contributed by atoms with Gasteiger partial charge in [0.25, 0.3) is 5.91 Å². The van der Waals surface area contributed by atoms with Crippen LogP contribution in [-0.4, -0.2) is 31.0 Å². The highest BCUT2D eigenvalue weighted by Gasteiger charge is 2.51. The summed E-state index contributed by atoms with van der Waals surface area (Å²) in [5.74, 6) is -0.484. The Bertz CT molecular complexity index is 1850. The average Bonchev–Trinajstić information content (AvgIpc) is 3.14. The van der Waals surface area contributed by atoms with Crippen molar-refractivity contribution in [3.05, 3.63) is 156 Å². The van der Waals surface area contributed by atoms with Crippen LogP contribution in [0.15, 0.2) is 140 Å². The number of amides is 4. The van der Waals surface area contributed by atoms with Crippen molar-refractivity contribution in [1.29, 1.82) is 0 Å².